The van der Waals surface area contributed by atoms with Gasteiger partial charge in [0, 0.05) is 16.1 Å². The van der Waals surface area contributed by atoms with Crippen LogP contribution in [0.2, 0.25) is 5.02 Å². The summed E-state index contributed by atoms with van der Waals surface area (Å²) in [4.78, 5) is 24.3. The second kappa shape index (κ2) is 11.2. The number of hydrogen-bond donors (Lipinski definition) is 2. The minimum absolute atomic E-state index is 0.212. The van der Waals surface area contributed by atoms with Crippen molar-refractivity contribution in [3.63, 3.8) is 0 Å². The number of hydrazone groups is 1. The summed E-state index contributed by atoms with van der Waals surface area (Å²) in [7, 11) is 0. The van der Waals surface area contributed by atoms with Gasteiger partial charge in [-0.05, 0) is 29.8 Å². The molecule has 3 aromatic carbocycles. The Morgan fingerprint density at radius 3 is 2.47 bits per heavy atom. The van der Waals surface area contributed by atoms with Crippen molar-refractivity contribution in [2.75, 3.05) is 5.32 Å². The van der Waals surface area contributed by atoms with Crippen LogP contribution in [-0.4, -0.2) is 28.2 Å². The van der Waals surface area contributed by atoms with Crippen molar-refractivity contribution in [3.05, 3.63) is 95.0 Å². The van der Waals surface area contributed by atoms with Crippen LogP contribution in [0.15, 0.2) is 84.0 Å². The lowest BCUT2D eigenvalue weighted by Crippen LogP contribution is -2.32. The Kier molecular flexibility index (Phi) is 7.59. The molecule has 0 fully saturated rings. The van der Waals surface area contributed by atoms with Crippen LogP contribution in [0.4, 0.5) is 5.13 Å². The second-order valence-corrected chi connectivity index (χ2v) is 8.30. The highest BCUT2D eigenvalue weighted by atomic mass is 35.5. The third-order valence-electron chi connectivity index (χ3n) is 4.47. The molecule has 8 nitrogen and oxygen atoms in total. The van der Waals surface area contributed by atoms with Crippen LogP contribution in [0, 0.1) is 0 Å². The van der Waals surface area contributed by atoms with Crippen molar-refractivity contribution in [2.45, 2.75) is 6.61 Å². The third kappa shape index (κ3) is 6.25. The number of anilines is 1. The Morgan fingerprint density at radius 1 is 0.941 bits per heavy atom. The summed E-state index contributed by atoms with van der Waals surface area (Å²) in [6.45, 7) is 0.337. The highest BCUT2D eigenvalue weighted by Gasteiger charge is 2.16. The van der Waals surface area contributed by atoms with Gasteiger partial charge in [0.1, 0.15) is 17.4 Å². The van der Waals surface area contributed by atoms with E-state index in [1.165, 1.54) is 6.21 Å². The number of aromatic nitrogens is 2. The summed E-state index contributed by atoms with van der Waals surface area (Å²) in [6, 6.07) is 23.9. The zero-order valence-corrected chi connectivity index (χ0v) is 19.2. The summed E-state index contributed by atoms with van der Waals surface area (Å²) >= 11 is 7.07. The smallest absolute Gasteiger partial charge is 0.329 e. The van der Waals surface area contributed by atoms with E-state index in [2.05, 4.69) is 26.0 Å². The molecule has 2 amide bonds. The molecule has 0 atom stereocenters. The minimum atomic E-state index is -0.938. The molecule has 0 bridgehead atoms. The maximum atomic E-state index is 12.2. The van der Waals surface area contributed by atoms with E-state index < -0.39 is 11.8 Å². The van der Waals surface area contributed by atoms with Crippen LogP contribution in [0.25, 0.3) is 10.6 Å². The van der Waals surface area contributed by atoms with Gasteiger partial charge in [-0.25, -0.2) is 5.43 Å². The number of amides is 2. The highest BCUT2D eigenvalue weighted by Crippen LogP contribution is 2.25. The lowest BCUT2D eigenvalue weighted by Gasteiger charge is -2.09. The molecule has 0 radical (unpaired) electrons. The monoisotopic (exact) mass is 491 g/mol. The second-order valence-electron chi connectivity index (χ2n) is 6.88. The molecule has 0 unspecified atom stereocenters. The standard InChI is InChI=1S/C24H18ClN5O3S/c25-19-12-10-16(11-13-19)15-33-20-9-5-4-8-18(20)14-26-28-22(32)21(31)27-24-30-29-23(34-24)17-6-2-1-3-7-17/h1-14H,15H2,(H,28,32)(H,27,30,31)/b26-14-. The van der Waals surface area contributed by atoms with Gasteiger partial charge in [0.2, 0.25) is 5.13 Å². The van der Waals surface area contributed by atoms with E-state index in [1.807, 2.05) is 54.6 Å². The molecule has 170 valence electrons. The number of ether oxygens (including phenoxy) is 1. The fourth-order valence-corrected chi connectivity index (χ4v) is 3.67. The van der Waals surface area contributed by atoms with Gasteiger partial charge < -0.3 is 4.74 Å². The number of benzene rings is 3. The average molecular weight is 492 g/mol. The molecule has 0 aliphatic rings. The van der Waals surface area contributed by atoms with E-state index in [0.717, 1.165) is 22.5 Å². The highest BCUT2D eigenvalue weighted by molar-refractivity contribution is 7.18. The summed E-state index contributed by atoms with van der Waals surface area (Å²) in [6.07, 6.45) is 1.40. The van der Waals surface area contributed by atoms with Crippen molar-refractivity contribution < 1.29 is 14.3 Å². The van der Waals surface area contributed by atoms with Crippen molar-refractivity contribution in [2.24, 2.45) is 5.10 Å². The molecule has 2 N–H and O–H groups in total. The number of nitrogens with one attached hydrogen (secondary N) is 2. The van der Waals surface area contributed by atoms with E-state index in [4.69, 9.17) is 16.3 Å². The van der Waals surface area contributed by atoms with Crippen LogP contribution >= 0.6 is 22.9 Å². The molecule has 0 aliphatic carbocycles. The number of rotatable bonds is 7. The number of para-hydroxylation sites is 1. The topological polar surface area (TPSA) is 106 Å². The minimum Gasteiger partial charge on any atom is -0.488 e. The predicted octanol–water partition coefficient (Wildman–Crippen LogP) is 4.53. The van der Waals surface area contributed by atoms with Crippen LogP contribution in [0.1, 0.15) is 11.1 Å². The van der Waals surface area contributed by atoms with Crippen LogP contribution < -0.4 is 15.5 Å². The molecular weight excluding hydrogens is 474 g/mol. The molecule has 4 rings (SSSR count). The van der Waals surface area contributed by atoms with E-state index in [0.29, 0.717) is 28.0 Å². The van der Waals surface area contributed by atoms with Gasteiger partial charge in [0.25, 0.3) is 0 Å². The molecule has 1 heterocycles. The molecule has 4 aromatic rings. The molecule has 0 saturated carbocycles. The first-order valence-electron chi connectivity index (χ1n) is 10.1. The Bertz CT molecular complexity index is 1310. The first-order chi connectivity index (χ1) is 16.6. The quantitative estimate of drug-likeness (QED) is 0.224. The van der Waals surface area contributed by atoms with Gasteiger partial charge in [-0.1, -0.05) is 77.5 Å². The molecular formula is C24H18ClN5O3S. The number of hydrogen-bond acceptors (Lipinski definition) is 7. The molecule has 0 aliphatic heterocycles. The predicted molar refractivity (Wildman–Crippen MR) is 132 cm³/mol. The third-order valence-corrected chi connectivity index (χ3v) is 5.61. The van der Waals surface area contributed by atoms with Gasteiger partial charge in [-0.2, -0.15) is 5.10 Å². The van der Waals surface area contributed by atoms with E-state index in [-0.39, 0.29) is 5.13 Å². The van der Waals surface area contributed by atoms with Gasteiger partial charge in [-0.15, -0.1) is 10.2 Å². The fraction of sp³-hybridized carbons (Fsp3) is 0.0417. The number of halogens is 1. The summed E-state index contributed by atoms with van der Waals surface area (Å²) in [5, 5.41) is 15.7. The largest absolute Gasteiger partial charge is 0.488 e. The van der Waals surface area contributed by atoms with Crippen molar-refractivity contribution in [1.82, 2.24) is 15.6 Å². The van der Waals surface area contributed by atoms with Crippen LogP contribution in [-0.2, 0) is 16.2 Å². The van der Waals surface area contributed by atoms with E-state index in [9.17, 15) is 9.59 Å². The maximum Gasteiger partial charge on any atom is 0.329 e. The Morgan fingerprint density at radius 2 is 1.68 bits per heavy atom. The van der Waals surface area contributed by atoms with Crippen molar-refractivity contribution in [1.29, 1.82) is 0 Å². The zero-order valence-electron chi connectivity index (χ0n) is 17.6. The lowest BCUT2D eigenvalue weighted by atomic mass is 10.2. The summed E-state index contributed by atoms with van der Waals surface area (Å²) in [5.41, 5.74) is 4.65. The fourth-order valence-electron chi connectivity index (χ4n) is 2.80. The summed E-state index contributed by atoms with van der Waals surface area (Å²) in [5.74, 6) is -1.27. The van der Waals surface area contributed by atoms with Crippen LogP contribution in [0.3, 0.4) is 0 Å². The maximum absolute atomic E-state index is 12.2. The van der Waals surface area contributed by atoms with Gasteiger partial charge in [-0.3, -0.25) is 14.9 Å². The summed E-state index contributed by atoms with van der Waals surface area (Å²) < 4.78 is 5.85. The molecule has 0 saturated heterocycles. The first kappa shape index (κ1) is 23.1. The number of nitrogens with zero attached hydrogens (tertiary/aromatic N) is 3. The molecule has 0 spiro atoms. The zero-order chi connectivity index (χ0) is 23.8. The average Bonchev–Trinajstić information content (AvgIpc) is 3.33. The Hall–Kier alpha value is -4.08. The SMILES string of the molecule is O=C(N/N=C\c1ccccc1OCc1ccc(Cl)cc1)C(=O)Nc1nnc(-c2ccccc2)s1. The first-order valence-corrected chi connectivity index (χ1v) is 11.3. The van der Waals surface area contributed by atoms with Crippen LogP contribution in [0.5, 0.6) is 5.75 Å². The Balaban J connectivity index is 1.32. The normalized spacial score (nSPS) is 10.7. The van der Waals surface area contributed by atoms with Gasteiger partial charge in [0.05, 0.1) is 6.21 Å². The molecule has 34 heavy (non-hydrogen) atoms. The van der Waals surface area contributed by atoms with Gasteiger partial charge in [0.15, 0.2) is 0 Å². The molecule has 1 aromatic heterocycles. The van der Waals surface area contributed by atoms with E-state index >= 15 is 0 Å². The lowest BCUT2D eigenvalue weighted by molar-refractivity contribution is -0.136. The van der Waals surface area contributed by atoms with Gasteiger partial charge >= 0.3 is 11.8 Å². The molecule has 10 heteroatoms. The van der Waals surface area contributed by atoms with E-state index in [1.54, 1.807) is 24.3 Å². The van der Waals surface area contributed by atoms with Crippen molar-refractivity contribution in [3.8, 4) is 16.3 Å². The van der Waals surface area contributed by atoms with Crippen molar-refractivity contribution >= 4 is 46.1 Å². The number of carbonyl (C=O) groups is 2. The Labute approximate surface area is 204 Å². The number of carbonyl (C=O) groups excluding carboxylic acids is 2.